The van der Waals surface area contributed by atoms with Crippen molar-refractivity contribution >= 4 is 34.9 Å². The average Bonchev–Trinajstić information content (AvgIpc) is 2.90. The Kier molecular flexibility index (Phi) is 3.51. The Morgan fingerprint density at radius 2 is 2.05 bits per heavy atom. The van der Waals surface area contributed by atoms with Crippen molar-refractivity contribution in [3.63, 3.8) is 0 Å². The molecule has 2 aromatic rings. The molecule has 0 spiro atoms. The molecule has 1 unspecified atom stereocenters. The first-order chi connectivity index (χ1) is 10.3. The molecular weight excluding hydrogens is 296 g/mol. The Morgan fingerprint density at radius 1 is 1.14 bits per heavy atom. The van der Waals surface area contributed by atoms with Crippen LogP contribution in [0.15, 0.2) is 52.3 Å². The number of nitrogens with two attached hydrogens (primary N) is 1. The van der Waals surface area contributed by atoms with E-state index in [0.717, 1.165) is 18.8 Å². The van der Waals surface area contributed by atoms with Gasteiger partial charge in [-0.2, -0.15) is 0 Å². The summed E-state index contributed by atoms with van der Waals surface area (Å²) < 4.78 is 0. The van der Waals surface area contributed by atoms with E-state index in [0.29, 0.717) is 5.25 Å². The average molecular weight is 314 g/mol. The fourth-order valence-electron chi connectivity index (χ4n) is 3.08. The molecule has 2 heterocycles. The molecule has 0 aliphatic carbocycles. The van der Waals surface area contributed by atoms with E-state index in [1.807, 2.05) is 29.6 Å². The molecule has 0 saturated carbocycles. The molecule has 0 fully saturated rings. The number of nitrogens with zero attached hydrogens (tertiary/aromatic N) is 1. The molecule has 0 bridgehead atoms. The van der Waals surface area contributed by atoms with Crippen molar-refractivity contribution in [3.8, 4) is 0 Å². The highest BCUT2D eigenvalue weighted by atomic mass is 32.2. The highest BCUT2D eigenvalue weighted by Crippen LogP contribution is 2.40. The van der Waals surface area contributed by atoms with Crippen molar-refractivity contribution in [2.75, 3.05) is 29.5 Å². The lowest BCUT2D eigenvalue weighted by atomic mass is 10.1. The first-order valence-corrected chi connectivity index (χ1v) is 9.18. The summed E-state index contributed by atoms with van der Waals surface area (Å²) >= 11 is 3.97. The van der Waals surface area contributed by atoms with Crippen molar-refractivity contribution in [2.45, 2.75) is 21.5 Å². The molecule has 4 heteroatoms. The zero-order valence-electron chi connectivity index (χ0n) is 11.8. The number of rotatable bonds is 2. The lowest BCUT2D eigenvalue weighted by molar-refractivity contribution is 0.760. The minimum absolute atomic E-state index is 0.653. The zero-order valence-corrected chi connectivity index (χ0v) is 13.4. The standard InChI is InChI=1S/C17H18N2S2/c18-13-5-6-17-15(10-13)19(7-8-20-17)11-14-9-12-3-1-2-4-16(12)21-14/h1-6,10,14H,7-9,11,18H2. The summed E-state index contributed by atoms with van der Waals surface area (Å²) in [5.41, 5.74) is 9.67. The summed E-state index contributed by atoms with van der Waals surface area (Å²) in [5.74, 6) is 1.17. The summed E-state index contributed by atoms with van der Waals surface area (Å²) in [4.78, 5) is 5.35. The van der Waals surface area contributed by atoms with Crippen molar-refractivity contribution in [3.05, 3.63) is 48.0 Å². The first kappa shape index (κ1) is 13.4. The third kappa shape index (κ3) is 2.62. The van der Waals surface area contributed by atoms with Crippen LogP contribution in [0.3, 0.4) is 0 Å². The van der Waals surface area contributed by atoms with Crippen molar-refractivity contribution in [2.24, 2.45) is 0 Å². The van der Waals surface area contributed by atoms with E-state index in [-0.39, 0.29) is 0 Å². The smallest absolute Gasteiger partial charge is 0.0525 e. The minimum Gasteiger partial charge on any atom is -0.399 e. The second-order valence-electron chi connectivity index (χ2n) is 5.57. The van der Waals surface area contributed by atoms with Gasteiger partial charge >= 0.3 is 0 Å². The molecule has 0 radical (unpaired) electrons. The van der Waals surface area contributed by atoms with Gasteiger partial charge in [-0.3, -0.25) is 0 Å². The fraction of sp³-hybridized carbons (Fsp3) is 0.294. The van der Waals surface area contributed by atoms with Gasteiger partial charge in [0.1, 0.15) is 0 Å². The third-order valence-electron chi connectivity index (χ3n) is 4.08. The van der Waals surface area contributed by atoms with Gasteiger partial charge in [-0.15, -0.1) is 23.5 Å². The van der Waals surface area contributed by atoms with Gasteiger partial charge in [0, 0.05) is 39.6 Å². The summed E-state index contributed by atoms with van der Waals surface area (Å²) in [6.45, 7) is 2.23. The van der Waals surface area contributed by atoms with Crippen LogP contribution in [-0.4, -0.2) is 24.1 Å². The van der Waals surface area contributed by atoms with E-state index >= 15 is 0 Å². The summed E-state index contributed by atoms with van der Waals surface area (Å²) in [6.07, 6.45) is 1.18. The van der Waals surface area contributed by atoms with Crippen LogP contribution in [0, 0.1) is 0 Å². The Morgan fingerprint density at radius 3 is 2.95 bits per heavy atom. The number of anilines is 2. The van der Waals surface area contributed by atoms with Crippen LogP contribution in [0.5, 0.6) is 0 Å². The maximum atomic E-state index is 5.98. The predicted octanol–water partition coefficient (Wildman–Crippen LogP) is 3.90. The van der Waals surface area contributed by atoms with E-state index in [1.165, 1.54) is 33.2 Å². The van der Waals surface area contributed by atoms with E-state index in [4.69, 9.17) is 5.73 Å². The monoisotopic (exact) mass is 314 g/mol. The topological polar surface area (TPSA) is 29.3 Å². The molecule has 108 valence electrons. The van der Waals surface area contributed by atoms with E-state index in [1.54, 1.807) is 0 Å². The van der Waals surface area contributed by atoms with Gasteiger partial charge < -0.3 is 10.6 Å². The second-order valence-corrected chi connectivity index (χ2v) is 8.05. The van der Waals surface area contributed by atoms with Gasteiger partial charge in [0.25, 0.3) is 0 Å². The lowest BCUT2D eigenvalue weighted by Gasteiger charge is -2.32. The summed E-state index contributed by atoms with van der Waals surface area (Å²) in [5, 5.41) is 0.653. The van der Waals surface area contributed by atoms with Crippen LogP contribution in [-0.2, 0) is 6.42 Å². The quantitative estimate of drug-likeness (QED) is 0.851. The van der Waals surface area contributed by atoms with Crippen LogP contribution >= 0.6 is 23.5 Å². The van der Waals surface area contributed by atoms with Crippen LogP contribution in [0.25, 0.3) is 0 Å². The molecule has 2 aliphatic heterocycles. The van der Waals surface area contributed by atoms with Gasteiger partial charge in [0.2, 0.25) is 0 Å². The fourth-order valence-corrected chi connectivity index (χ4v) is 5.45. The Bertz CT molecular complexity index is 647. The summed E-state index contributed by atoms with van der Waals surface area (Å²) in [6, 6.07) is 15.1. The number of fused-ring (bicyclic) bond motifs is 2. The van der Waals surface area contributed by atoms with Crippen molar-refractivity contribution in [1.29, 1.82) is 0 Å². The van der Waals surface area contributed by atoms with Crippen molar-refractivity contribution < 1.29 is 0 Å². The molecule has 2 aliphatic rings. The maximum absolute atomic E-state index is 5.98. The van der Waals surface area contributed by atoms with Crippen LogP contribution in [0.2, 0.25) is 0 Å². The zero-order chi connectivity index (χ0) is 14.2. The Hall–Kier alpha value is -1.26. The molecule has 2 nitrogen and oxygen atoms in total. The lowest BCUT2D eigenvalue weighted by Crippen LogP contribution is -2.35. The summed E-state index contributed by atoms with van der Waals surface area (Å²) in [7, 11) is 0. The normalized spacial score (nSPS) is 20.2. The van der Waals surface area contributed by atoms with Crippen LogP contribution in [0.4, 0.5) is 11.4 Å². The second kappa shape index (κ2) is 5.50. The van der Waals surface area contributed by atoms with Gasteiger partial charge in [-0.05, 0) is 36.2 Å². The molecule has 2 aromatic carbocycles. The van der Waals surface area contributed by atoms with Gasteiger partial charge in [0.15, 0.2) is 0 Å². The van der Waals surface area contributed by atoms with E-state index in [2.05, 4.69) is 41.3 Å². The van der Waals surface area contributed by atoms with Gasteiger partial charge in [-0.1, -0.05) is 18.2 Å². The van der Waals surface area contributed by atoms with E-state index < -0.39 is 0 Å². The highest BCUT2D eigenvalue weighted by Gasteiger charge is 2.26. The maximum Gasteiger partial charge on any atom is 0.0525 e. The number of nitrogen functional groups attached to an aromatic ring is 1. The number of benzene rings is 2. The number of hydrogen-bond donors (Lipinski definition) is 1. The Labute approximate surface area is 134 Å². The molecular formula is C17H18N2S2. The molecule has 21 heavy (non-hydrogen) atoms. The number of hydrogen-bond acceptors (Lipinski definition) is 4. The molecule has 0 saturated heterocycles. The number of thioether (sulfide) groups is 2. The molecule has 2 N–H and O–H groups in total. The molecule has 0 amide bonds. The van der Waals surface area contributed by atoms with Crippen molar-refractivity contribution in [1.82, 2.24) is 0 Å². The molecule has 1 atom stereocenters. The van der Waals surface area contributed by atoms with Gasteiger partial charge in [-0.25, -0.2) is 0 Å². The largest absolute Gasteiger partial charge is 0.399 e. The highest BCUT2D eigenvalue weighted by molar-refractivity contribution is 8.00. The third-order valence-corrected chi connectivity index (χ3v) is 6.42. The SMILES string of the molecule is Nc1ccc2c(c1)N(CC1Cc3ccccc3S1)CCS2. The van der Waals surface area contributed by atoms with Gasteiger partial charge in [0.05, 0.1) is 5.69 Å². The van der Waals surface area contributed by atoms with Crippen LogP contribution in [0.1, 0.15) is 5.56 Å². The predicted molar refractivity (Wildman–Crippen MR) is 93.6 cm³/mol. The van der Waals surface area contributed by atoms with E-state index in [9.17, 15) is 0 Å². The first-order valence-electron chi connectivity index (χ1n) is 7.31. The molecule has 4 rings (SSSR count). The Balaban J connectivity index is 1.54. The van der Waals surface area contributed by atoms with Crippen LogP contribution < -0.4 is 10.6 Å². The molecule has 0 aromatic heterocycles. The minimum atomic E-state index is 0.653.